The fraction of sp³-hybridized carbons (Fsp3) is 0.185. The van der Waals surface area contributed by atoms with Gasteiger partial charge < -0.3 is 19.5 Å². The number of rotatable bonds is 6. The van der Waals surface area contributed by atoms with Gasteiger partial charge in [-0.3, -0.25) is 14.5 Å². The van der Waals surface area contributed by atoms with E-state index in [4.69, 9.17) is 21.1 Å². The number of hydrogen-bond donors (Lipinski definition) is 1. The Hall–Kier alpha value is -4.04. The molecule has 0 spiro atoms. The van der Waals surface area contributed by atoms with E-state index in [1.165, 1.54) is 37.3 Å². The van der Waals surface area contributed by atoms with Crippen LogP contribution in [-0.4, -0.2) is 45.1 Å². The van der Waals surface area contributed by atoms with Crippen LogP contribution < -0.4 is 19.3 Å². The molecule has 0 aromatic heterocycles. The van der Waals surface area contributed by atoms with Crippen LogP contribution in [0.15, 0.2) is 66.2 Å². The quantitative estimate of drug-likeness (QED) is 0.279. The average molecular weight is 511 g/mol. The maximum absolute atomic E-state index is 14.1. The molecule has 3 aromatic rings. The number of hydrogen-bond acceptors (Lipinski definition) is 6. The first-order chi connectivity index (χ1) is 17.2. The van der Waals surface area contributed by atoms with E-state index >= 15 is 0 Å². The van der Waals surface area contributed by atoms with Gasteiger partial charge in [0.05, 0.1) is 36.4 Å². The smallest absolute Gasteiger partial charge is 0.300 e. The van der Waals surface area contributed by atoms with Crippen molar-refractivity contribution in [3.8, 4) is 11.5 Å². The number of aliphatic hydroxyl groups excluding tert-OH is 1. The van der Waals surface area contributed by atoms with Crippen LogP contribution in [0.4, 0.5) is 15.8 Å². The van der Waals surface area contributed by atoms with Crippen LogP contribution in [0.2, 0.25) is 5.02 Å². The number of methoxy groups -OCH3 is 2. The number of aliphatic hydroxyl groups is 1. The molecule has 186 valence electrons. The van der Waals surface area contributed by atoms with E-state index in [0.29, 0.717) is 17.0 Å². The van der Waals surface area contributed by atoms with Crippen molar-refractivity contribution < 1.29 is 28.6 Å². The Bertz CT molecular complexity index is 1370. The van der Waals surface area contributed by atoms with Gasteiger partial charge in [0.15, 0.2) is 0 Å². The molecule has 1 aliphatic rings. The number of carbonyl (C=O) groups is 2. The van der Waals surface area contributed by atoms with Crippen molar-refractivity contribution in [2.24, 2.45) is 0 Å². The number of benzene rings is 3. The van der Waals surface area contributed by atoms with Gasteiger partial charge in [0.1, 0.15) is 23.1 Å². The Kier molecular flexibility index (Phi) is 6.90. The SMILES string of the molecule is COc1ccc(N2C(=O)C(=O)/C(=C(/O)c3cc(F)ccc3OC)C2c2ccc(N(C)C)cc2)cc1Cl. The zero-order chi connectivity index (χ0) is 26.1. The van der Waals surface area contributed by atoms with Crippen LogP contribution in [0.5, 0.6) is 11.5 Å². The van der Waals surface area contributed by atoms with Crippen LogP contribution in [0, 0.1) is 5.82 Å². The van der Waals surface area contributed by atoms with E-state index in [-0.39, 0.29) is 21.9 Å². The Balaban J connectivity index is 1.97. The van der Waals surface area contributed by atoms with Crippen molar-refractivity contribution in [2.75, 3.05) is 38.1 Å². The van der Waals surface area contributed by atoms with Gasteiger partial charge in [-0.25, -0.2) is 4.39 Å². The summed E-state index contributed by atoms with van der Waals surface area (Å²) in [7, 11) is 6.60. The lowest BCUT2D eigenvalue weighted by atomic mass is 9.94. The molecule has 1 unspecified atom stereocenters. The van der Waals surface area contributed by atoms with E-state index < -0.39 is 29.3 Å². The van der Waals surface area contributed by atoms with Crippen molar-refractivity contribution in [1.29, 1.82) is 0 Å². The second kappa shape index (κ2) is 9.91. The summed E-state index contributed by atoms with van der Waals surface area (Å²) in [4.78, 5) is 29.9. The summed E-state index contributed by atoms with van der Waals surface area (Å²) in [6.07, 6.45) is 0. The minimum absolute atomic E-state index is 0.0434. The minimum Gasteiger partial charge on any atom is -0.507 e. The van der Waals surface area contributed by atoms with Crippen molar-refractivity contribution in [3.05, 3.63) is 88.2 Å². The van der Waals surface area contributed by atoms with E-state index in [2.05, 4.69) is 0 Å². The minimum atomic E-state index is -1.02. The lowest BCUT2D eigenvalue weighted by Crippen LogP contribution is -2.29. The van der Waals surface area contributed by atoms with Gasteiger partial charge in [-0.1, -0.05) is 23.7 Å². The number of ketones is 1. The van der Waals surface area contributed by atoms with Crippen LogP contribution >= 0.6 is 11.6 Å². The number of carbonyl (C=O) groups excluding carboxylic acids is 2. The van der Waals surface area contributed by atoms with Crippen molar-refractivity contribution in [2.45, 2.75) is 6.04 Å². The summed E-state index contributed by atoms with van der Waals surface area (Å²) in [5.41, 5.74) is 1.54. The number of halogens is 2. The highest BCUT2D eigenvalue weighted by Gasteiger charge is 2.47. The van der Waals surface area contributed by atoms with Gasteiger partial charge in [-0.2, -0.15) is 0 Å². The topological polar surface area (TPSA) is 79.3 Å². The second-order valence-electron chi connectivity index (χ2n) is 8.32. The molecule has 1 heterocycles. The molecule has 1 fully saturated rings. The predicted octanol–water partition coefficient (Wildman–Crippen LogP) is 5.19. The summed E-state index contributed by atoms with van der Waals surface area (Å²) in [5.74, 6) is -2.43. The van der Waals surface area contributed by atoms with E-state index in [9.17, 15) is 19.1 Å². The van der Waals surface area contributed by atoms with Gasteiger partial charge in [-0.15, -0.1) is 0 Å². The molecule has 0 aliphatic carbocycles. The molecule has 1 N–H and O–H groups in total. The lowest BCUT2D eigenvalue weighted by molar-refractivity contribution is -0.132. The fourth-order valence-corrected chi connectivity index (χ4v) is 4.44. The normalized spacial score (nSPS) is 16.8. The summed E-state index contributed by atoms with van der Waals surface area (Å²) in [5, 5.41) is 11.5. The van der Waals surface area contributed by atoms with Gasteiger partial charge in [0.2, 0.25) is 0 Å². The summed E-state index contributed by atoms with van der Waals surface area (Å²) < 4.78 is 24.6. The Morgan fingerprint density at radius 1 is 0.972 bits per heavy atom. The van der Waals surface area contributed by atoms with Gasteiger partial charge >= 0.3 is 0 Å². The highest BCUT2D eigenvalue weighted by Crippen LogP contribution is 2.44. The Morgan fingerprint density at radius 2 is 1.61 bits per heavy atom. The first kappa shape index (κ1) is 25.1. The monoisotopic (exact) mass is 510 g/mol. The zero-order valence-electron chi connectivity index (χ0n) is 20.1. The molecule has 9 heteroatoms. The molecule has 4 rings (SSSR count). The Labute approximate surface area is 212 Å². The number of anilines is 2. The van der Waals surface area contributed by atoms with Gasteiger partial charge in [-0.05, 0) is 54.1 Å². The standard InChI is InChI=1S/C27H24ClFN2O5/c1-30(2)17-8-5-15(6-9-17)24-23(25(32)19-13-16(29)7-11-21(19)35-3)26(33)27(34)31(24)18-10-12-22(36-4)20(28)14-18/h5-14,24,32H,1-4H3/b25-23+. The highest BCUT2D eigenvalue weighted by molar-refractivity contribution is 6.52. The van der Waals surface area contributed by atoms with Crippen LogP contribution in [0.1, 0.15) is 17.2 Å². The second-order valence-corrected chi connectivity index (χ2v) is 8.73. The summed E-state index contributed by atoms with van der Waals surface area (Å²) >= 11 is 6.32. The average Bonchev–Trinajstić information content (AvgIpc) is 3.13. The summed E-state index contributed by atoms with van der Waals surface area (Å²) in [6.45, 7) is 0. The molecule has 0 saturated carbocycles. The van der Waals surface area contributed by atoms with Crippen LogP contribution in [0.3, 0.4) is 0 Å². The third-order valence-corrected chi connectivity index (χ3v) is 6.30. The molecule has 1 saturated heterocycles. The van der Waals surface area contributed by atoms with E-state index in [1.54, 1.807) is 24.3 Å². The molecule has 1 amide bonds. The fourth-order valence-electron chi connectivity index (χ4n) is 4.18. The molecule has 1 aliphatic heterocycles. The molecule has 3 aromatic carbocycles. The van der Waals surface area contributed by atoms with Crippen molar-refractivity contribution in [3.63, 3.8) is 0 Å². The number of Topliss-reactive ketones (excluding diaryl/α,β-unsaturated/α-hetero) is 1. The maximum Gasteiger partial charge on any atom is 0.300 e. The van der Waals surface area contributed by atoms with Crippen LogP contribution in [0.25, 0.3) is 5.76 Å². The number of nitrogens with zero attached hydrogens (tertiary/aromatic N) is 2. The molecular formula is C27H24ClFN2O5. The first-order valence-electron chi connectivity index (χ1n) is 10.9. The Morgan fingerprint density at radius 3 is 2.19 bits per heavy atom. The van der Waals surface area contributed by atoms with Gasteiger partial charge in [0.25, 0.3) is 11.7 Å². The molecule has 1 atom stereocenters. The molecule has 0 radical (unpaired) electrons. The number of ether oxygens (including phenoxy) is 2. The third kappa shape index (κ3) is 4.35. The molecule has 0 bridgehead atoms. The molecule has 36 heavy (non-hydrogen) atoms. The first-order valence-corrected chi connectivity index (χ1v) is 11.3. The number of amides is 1. The van der Waals surface area contributed by atoms with E-state index in [1.807, 2.05) is 31.1 Å². The van der Waals surface area contributed by atoms with Crippen molar-refractivity contribution >= 4 is 40.4 Å². The lowest BCUT2D eigenvalue weighted by Gasteiger charge is -2.26. The van der Waals surface area contributed by atoms with Crippen molar-refractivity contribution in [1.82, 2.24) is 0 Å². The van der Waals surface area contributed by atoms with Gasteiger partial charge in [0, 0.05) is 25.5 Å². The van der Waals surface area contributed by atoms with Crippen LogP contribution in [-0.2, 0) is 9.59 Å². The highest BCUT2D eigenvalue weighted by atomic mass is 35.5. The molecular weight excluding hydrogens is 487 g/mol. The third-order valence-electron chi connectivity index (χ3n) is 6.00. The predicted molar refractivity (Wildman–Crippen MR) is 137 cm³/mol. The largest absolute Gasteiger partial charge is 0.507 e. The maximum atomic E-state index is 14.1. The molecule has 7 nitrogen and oxygen atoms in total. The van der Waals surface area contributed by atoms with E-state index in [0.717, 1.165) is 11.8 Å². The summed E-state index contributed by atoms with van der Waals surface area (Å²) in [6, 6.07) is 14.4. The zero-order valence-corrected chi connectivity index (χ0v) is 20.8.